The molecule has 1 aliphatic rings. The minimum absolute atomic E-state index is 0.102. The molecule has 8 nitrogen and oxygen atoms in total. The largest absolute Gasteiger partial charge is 0.390 e. The van der Waals surface area contributed by atoms with Crippen molar-refractivity contribution in [2.24, 2.45) is 16.5 Å². The van der Waals surface area contributed by atoms with Crippen molar-refractivity contribution in [2.75, 3.05) is 0 Å². The molecule has 0 saturated heterocycles. The van der Waals surface area contributed by atoms with Gasteiger partial charge in [0.2, 0.25) is 0 Å². The molecule has 2 aromatic heterocycles. The fraction of sp³-hybridized carbons (Fsp3) is 0.381. The number of nitrogens with one attached hydrogen (secondary N) is 1. The van der Waals surface area contributed by atoms with Gasteiger partial charge in [0.05, 0.1) is 40.7 Å². The van der Waals surface area contributed by atoms with Gasteiger partial charge >= 0.3 is 0 Å². The molecule has 31 heavy (non-hydrogen) atoms. The van der Waals surface area contributed by atoms with Crippen LogP contribution in [0.3, 0.4) is 0 Å². The van der Waals surface area contributed by atoms with Gasteiger partial charge < -0.3 is 11.5 Å². The van der Waals surface area contributed by atoms with Crippen molar-refractivity contribution >= 4 is 12.0 Å². The zero-order chi connectivity index (χ0) is 22.3. The zero-order valence-corrected chi connectivity index (χ0v) is 17.5. The molecular weight excluding hydrogens is 402 g/mol. The molecule has 0 atom stereocenters. The summed E-state index contributed by atoms with van der Waals surface area (Å²) in [6.07, 6.45) is 4.33. The maximum atomic E-state index is 14.1. The highest BCUT2D eigenvalue weighted by Crippen LogP contribution is 2.47. The van der Waals surface area contributed by atoms with E-state index < -0.39 is 17.2 Å². The minimum Gasteiger partial charge on any atom is -0.390 e. The van der Waals surface area contributed by atoms with E-state index >= 15 is 0 Å². The van der Waals surface area contributed by atoms with Crippen LogP contribution in [0, 0.1) is 18.6 Å². The van der Waals surface area contributed by atoms with Crippen molar-refractivity contribution in [1.82, 2.24) is 25.1 Å². The molecule has 1 aromatic carbocycles. The van der Waals surface area contributed by atoms with E-state index in [1.54, 1.807) is 6.20 Å². The van der Waals surface area contributed by atoms with Crippen molar-refractivity contribution in [3.8, 4) is 11.4 Å². The quantitative estimate of drug-likeness (QED) is 0.424. The zero-order valence-electron chi connectivity index (χ0n) is 17.5. The third-order valence-corrected chi connectivity index (χ3v) is 5.53. The summed E-state index contributed by atoms with van der Waals surface area (Å²) in [6, 6.07) is 1.89. The number of nitrogens with two attached hydrogens (primary N) is 2. The van der Waals surface area contributed by atoms with Gasteiger partial charge in [0.25, 0.3) is 0 Å². The molecule has 2 heterocycles. The number of aryl methyl sites for hydroxylation is 1. The Morgan fingerprint density at radius 3 is 2.58 bits per heavy atom. The van der Waals surface area contributed by atoms with Crippen LogP contribution in [0.5, 0.6) is 0 Å². The molecular formula is C21H24F2N8. The van der Waals surface area contributed by atoms with Gasteiger partial charge in [-0.15, -0.1) is 0 Å². The second kappa shape index (κ2) is 7.77. The maximum Gasteiger partial charge on any atom is 0.183 e. The Balaban J connectivity index is 1.52. The fourth-order valence-corrected chi connectivity index (χ4v) is 3.79. The van der Waals surface area contributed by atoms with Crippen LogP contribution >= 0.6 is 0 Å². The minimum atomic E-state index is -0.829. The monoisotopic (exact) mass is 426 g/mol. The van der Waals surface area contributed by atoms with E-state index in [4.69, 9.17) is 11.5 Å². The Hall–Kier alpha value is -3.27. The number of halogens is 2. The maximum absolute atomic E-state index is 14.1. The SMILES string of the molecule is Cc1nc(C(C)(C)N)cnc1C1CC(c2nc(-c3cc(F)cc(F)c3N=CN)n[nH]2)C1. The molecule has 10 heteroatoms. The molecule has 1 saturated carbocycles. The highest BCUT2D eigenvalue weighted by molar-refractivity contribution is 5.75. The van der Waals surface area contributed by atoms with E-state index in [0.29, 0.717) is 5.82 Å². The van der Waals surface area contributed by atoms with E-state index in [2.05, 4.69) is 30.1 Å². The average Bonchev–Trinajstić information content (AvgIpc) is 3.12. The highest BCUT2D eigenvalue weighted by atomic mass is 19.1. The van der Waals surface area contributed by atoms with Crippen LogP contribution in [-0.4, -0.2) is 31.5 Å². The van der Waals surface area contributed by atoms with Gasteiger partial charge in [-0.1, -0.05) is 0 Å². The van der Waals surface area contributed by atoms with Gasteiger partial charge in [0.15, 0.2) is 11.6 Å². The standard InChI is InChI=1S/C21H24F2N8/c1-10-17(26-8-16(28-10)21(2,3)25)11-4-12(5-11)19-29-20(31-30-19)14-6-13(22)7-15(23)18(14)27-9-24/h6-9,11-12H,4-5,25H2,1-3H3,(H2,24,27)(H,29,30,31). The highest BCUT2D eigenvalue weighted by Gasteiger charge is 2.36. The Labute approximate surface area is 178 Å². The molecule has 162 valence electrons. The van der Waals surface area contributed by atoms with Crippen LogP contribution in [-0.2, 0) is 5.54 Å². The lowest BCUT2D eigenvalue weighted by Gasteiger charge is -2.34. The third kappa shape index (κ3) is 4.02. The number of benzene rings is 1. The second-order valence-corrected chi connectivity index (χ2v) is 8.42. The summed E-state index contributed by atoms with van der Waals surface area (Å²) in [5, 5.41) is 7.03. The number of nitrogens with zero attached hydrogens (tertiary/aromatic N) is 5. The smallest absolute Gasteiger partial charge is 0.183 e. The predicted molar refractivity (Wildman–Crippen MR) is 113 cm³/mol. The van der Waals surface area contributed by atoms with Crippen LogP contribution in [0.1, 0.15) is 61.4 Å². The number of aliphatic imine (C=N–C) groups is 1. The van der Waals surface area contributed by atoms with Crippen LogP contribution in [0.25, 0.3) is 11.4 Å². The van der Waals surface area contributed by atoms with Crippen LogP contribution in [0.15, 0.2) is 23.3 Å². The number of aromatic amines is 1. The summed E-state index contributed by atoms with van der Waals surface area (Å²) in [5.41, 5.74) is 13.5. The van der Waals surface area contributed by atoms with Crippen molar-refractivity contribution in [3.05, 3.63) is 52.9 Å². The Bertz CT molecular complexity index is 1140. The molecule has 1 fully saturated rings. The number of aromatic nitrogens is 5. The number of rotatable bonds is 5. The van der Waals surface area contributed by atoms with Crippen LogP contribution < -0.4 is 11.5 Å². The molecule has 3 aromatic rings. The first-order valence-electron chi connectivity index (χ1n) is 9.96. The van der Waals surface area contributed by atoms with E-state index in [-0.39, 0.29) is 28.9 Å². The first-order chi connectivity index (χ1) is 14.7. The van der Waals surface area contributed by atoms with E-state index in [9.17, 15) is 8.78 Å². The average molecular weight is 426 g/mol. The molecule has 0 bridgehead atoms. The molecule has 4 rings (SSSR count). The lowest BCUT2D eigenvalue weighted by molar-refractivity contribution is 0.330. The first kappa shape index (κ1) is 21.0. The topological polar surface area (TPSA) is 132 Å². The number of H-pyrrole nitrogens is 1. The third-order valence-electron chi connectivity index (χ3n) is 5.53. The molecule has 0 amide bonds. The Kier molecular flexibility index (Phi) is 5.26. The number of hydrogen-bond acceptors (Lipinski definition) is 6. The summed E-state index contributed by atoms with van der Waals surface area (Å²) in [5.74, 6) is -0.351. The van der Waals surface area contributed by atoms with Crippen molar-refractivity contribution in [1.29, 1.82) is 0 Å². The predicted octanol–water partition coefficient (Wildman–Crippen LogP) is 3.32. The molecule has 0 unspecified atom stereocenters. The summed E-state index contributed by atoms with van der Waals surface area (Å²) < 4.78 is 27.9. The molecule has 5 N–H and O–H groups in total. The summed E-state index contributed by atoms with van der Waals surface area (Å²) >= 11 is 0. The van der Waals surface area contributed by atoms with E-state index in [0.717, 1.165) is 48.4 Å². The van der Waals surface area contributed by atoms with Gasteiger partial charge in [0.1, 0.15) is 17.3 Å². The number of hydrogen-bond donors (Lipinski definition) is 3. The lowest BCUT2D eigenvalue weighted by atomic mass is 9.72. The van der Waals surface area contributed by atoms with Gasteiger partial charge in [0, 0.05) is 17.9 Å². The van der Waals surface area contributed by atoms with Crippen molar-refractivity contribution in [2.45, 2.75) is 51.0 Å². The van der Waals surface area contributed by atoms with Gasteiger partial charge in [-0.05, 0) is 39.7 Å². The summed E-state index contributed by atoms with van der Waals surface area (Å²) in [4.78, 5) is 17.5. The van der Waals surface area contributed by atoms with E-state index in [1.807, 2.05) is 20.8 Å². The molecule has 0 radical (unpaired) electrons. The molecule has 0 aliphatic heterocycles. The van der Waals surface area contributed by atoms with Crippen molar-refractivity contribution in [3.63, 3.8) is 0 Å². The lowest BCUT2D eigenvalue weighted by Crippen LogP contribution is -2.31. The molecule has 0 spiro atoms. The van der Waals surface area contributed by atoms with Gasteiger partial charge in [-0.3, -0.25) is 15.1 Å². The molecule has 1 aliphatic carbocycles. The van der Waals surface area contributed by atoms with Gasteiger partial charge in [-0.25, -0.2) is 18.8 Å². The summed E-state index contributed by atoms with van der Waals surface area (Å²) in [6.45, 7) is 5.73. The summed E-state index contributed by atoms with van der Waals surface area (Å²) in [7, 11) is 0. The Morgan fingerprint density at radius 1 is 1.19 bits per heavy atom. The van der Waals surface area contributed by atoms with Crippen LogP contribution in [0.4, 0.5) is 14.5 Å². The Morgan fingerprint density at radius 2 is 1.94 bits per heavy atom. The fourth-order valence-electron chi connectivity index (χ4n) is 3.79. The van der Waals surface area contributed by atoms with Crippen molar-refractivity contribution < 1.29 is 8.78 Å². The first-order valence-corrected chi connectivity index (χ1v) is 9.96. The second-order valence-electron chi connectivity index (χ2n) is 8.42. The normalized spacial score (nSPS) is 19.0. The van der Waals surface area contributed by atoms with Gasteiger partial charge in [-0.2, -0.15) is 5.10 Å². The van der Waals surface area contributed by atoms with Crippen LogP contribution in [0.2, 0.25) is 0 Å². The van der Waals surface area contributed by atoms with E-state index in [1.165, 1.54) is 0 Å².